The van der Waals surface area contributed by atoms with Gasteiger partial charge in [-0.2, -0.15) is 0 Å². The molecule has 0 fully saturated rings. The number of fused-ring (bicyclic) bond motifs is 4. The molecule has 0 atom stereocenters. The molecule has 24 heteroatoms. The van der Waals surface area contributed by atoms with Crippen molar-refractivity contribution in [3.63, 3.8) is 0 Å². The van der Waals surface area contributed by atoms with Crippen LogP contribution in [-0.4, -0.2) is 31.4 Å². The molecule has 0 radical (unpaired) electrons. The number of anilines is 16. The molecule has 9 rings (SSSR count). The highest BCUT2D eigenvalue weighted by Crippen LogP contribution is 2.35. The highest BCUT2D eigenvalue weighted by Gasteiger charge is 2.17. The predicted molar refractivity (Wildman–Crippen MR) is 313 cm³/mol. The molecule has 2 aromatic heterocycles. The fourth-order valence-electron chi connectivity index (χ4n) is 7.37. The molecule has 24 nitrogen and oxygen atoms in total. The van der Waals surface area contributed by atoms with Crippen LogP contribution in [0.2, 0.25) is 0 Å². The summed E-state index contributed by atoms with van der Waals surface area (Å²) in [6.07, 6.45) is 1.39. The highest BCUT2D eigenvalue weighted by molar-refractivity contribution is 6.23. The minimum absolute atomic E-state index is 0. The largest absolute Gasteiger partial charge is 0.397 e. The molecule has 0 bridgehead atoms. The van der Waals surface area contributed by atoms with Gasteiger partial charge in [0.25, 0.3) is 0 Å². The maximum Gasteiger partial charge on any atom is 0.0945 e. The van der Waals surface area contributed by atoms with Gasteiger partial charge in [-0.05, 0) is 102 Å². The van der Waals surface area contributed by atoms with Crippen LogP contribution in [-0.2, 0) is 0 Å². The van der Waals surface area contributed by atoms with Gasteiger partial charge in [-0.15, -0.1) is 0 Å². The summed E-state index contributed by atoms with van der Waals surface area (Å²) in [6.45, 7) is 12.8. The van der Waals surface area contributed by atoms with E-state index in [2.05, 4.69) is 19.9 Å². The Morgan fingerprint density at radius 1 is 0.315 bits per heavy atom. The lowest BCUT2D eigenvalue weighted by Gasteiger charge is -2.14. The van der Waals surface area contributed by atoms with Gasteiger partial charge < -0.3 is 103 Å². The molecule has 0 saturated heterocycles. The molecule has 0 unspecified atom stereocenters. The van der Waals surface area contributed by atoms with E-state index < -0.39 is 0 Å². The van der Waals surface area contributed by atoms with Crippen LogP contribution in [0.4, 0.5) is 91.0 Å². The third-order valence-corrected chi connectivity index (χ3v) is 12.5. The first kappa shape index (κ1) is 53.7. The normalized spacial score (nSPS) is 12.0. The van der Waals surface area contributed by atoms with Crippen molar-refractivity contribution < 1.29 is 1.43 Å². The lowest BCUT2D eigenvalue weighted by Crippen LogP contribution is -2.25. The number of rotatable bonds is 0. The van der Waals surface area contributed by atoms with Crippen LogP contribution in [0.3, 0.4) is 0 Å². The molecule has 0 spiro atoms. The minimum Gasteiger partial charge on any atom is -0.397 e. The predicted octanol–water partition coefficient (Wildman–Crippen LogP) is 4.47. The Kier molecular flexibility index (Phi) is 15.0. The van der Waals surface area contributed by atoms with Crippen molar-refractivity contribution in [2.24, 2.45) is 11.5 Å². The van der Waals surface area contributed by atoms with Crippen molar-refractivity contribution in [1.82, 2.24) is 19.9 Å². The second kappa shape index (κ2) is 20.4. The zero-order valence-corrected chi connectivity index (χ0v) is 41.7. The molecule has 2 heterocycles. The van der Waals surface area contributed by atoms with E-state index in [0.29, 0.717) is 130 Å². The third-order valence-electron chi connectivity index (χ3n) is 12.5. The van der Waals surface area contributed by atoms with Crippen LogP contribution < -0.4 is 103 Å². The molecule has 1 aliphatic rings. The Morgan fingerprint density at radius 3 is 0.836 bits per heavy atom. The van der Waals surface area contributed by atoms with Crippen molar-refractivity contribution in [2.45, 2.75) is 48.5 Å². The fraction of sp³-hybridized carbons (Fsp3) is 0.143. The molecule has 0 amide bonds. The SMILES string of the molecule is CC1=C(N)C(=N)C=C(N)C1=N.Cc1c(N)c(N)cc(N)c1N.Cc1c(N)c(N)cc(N)c1N.Cc1c(N)c(N)cc2nc3c(C)c(N)c(N)cc3nc12.Cc1c(N)c(N)cc2nc3cc(N)c(N)c(C)c3nc12.[2HH]. The summed E-state index contributed by atoms with van der Waals surface area (Å²) in [5, 5.41) is 14.7. The molecule has 8 aromatic rings. The molecule has 384 valence electrons. The highest BCUT2D eigenvalue weighted by atomic mass is 14.9. The molecule has 0 aliphatic heterocycles. The number of nitrogen functional groups attached to an aromatic ring is 16. The van der Waals surface area contributed by atoms with Gasteiger partial charge >= 0.3 is 0 Å². The van der Waals surface area contributed by atoms with Crippen molar-refractivity contribution >= 4 is 147 Å². The monoisotopic (exact) mass is 994 g/mol. The van der Waals surface area contributed by atoms with E-state index in [1.165, 1.54) is 6.08 Å². The van der Waals surface area contributed by atoms with Gasteiger partial charge in [0.2, 0.25) is 0 Å². The van der Waals surface area contributed by atoms with Gasteiger partial charge in [-0.25, -0.2) is 19.9 Å². The minimum atomic E-state index is 0. The maximum atomic E-state index is 7.39. The summed E-state index contributed by atoms with van der Waals surface area (Å²) in [6, 6.07) is 10.1. The number of allylic oxidation sites excluding steroid dienone is 2. The Hall–Kier alpha value is -10.3. The van der Waals surface area contributed by atoms with E-state index in [0.717, 1.165) is 55.4 Å². The number of nitrogens with one attached hydrogen (secondary N) is 2. The van der Waals surface area contributed by atoms with E-state index in [-0.39, 0.29) is 12.9 Å². The number of aryl methyl sites for hydroxylation is 4. The summed E-state index contributed by atoms with van der Waals surface area (Å²) >= 11 is 0. The van der Waals surface area contributed by atoms with Gasteiger partial charge in [-0.1, -0.05) is 0 Å². The van der Waals surface area contributed by atoms with Crippen LogP contribution >= 0.6 is 0 Å². The average Bonchev–Trinajstić information content (AvgIpc) is 3.35. The van der Waals surface area contributed by atoms with Crippen LogP contribution in [0.1, 0.15) is 41.7 Å². The molecule has 6 aromatic carbocycles. The van der Waals surface area contributed by atoms with Crippen LogP contribution in [0.5, 0.6) is 0 Å². The number of hydrogen-bond donors (Lipinski definition) is 20. The first-order valence-corrected chi connectivity index (χ1v) is 22.0. The summed E-state index contributed by atoms with van der Waals surface area (Å²) in [5.41, 5.74) is 123. The zero-order valence-electron chi connectivity index (χ0n) is 41.7. The Bertz CT molecular complexity index is 3420. The van der Waals surface area contributed by atoms with Crippen LogP contribution in [0, 0.1) is 52.4 Å². The lowest BCUT2D eigenvalue weighted by atomic mass is 9.98. The smallest absolute Gasteiger partial charge is 0.0945 e. The van der Waals surface area contributed by atoms with E-state index >= 15 is 0 Å². The van der Waals surface area contributed by atoms with Crippen molar-refractivity contribution in [3.05, 3.63) is 92.8 Å². The third kappa shape index (κ3) is 10.4. The molecule has 0 saturated carbocycles. The Balaban J connectivity index is 0.000000206. The molecular formula is C49H68N24. The number of nitrogens with two attached hydrogens (primary N) is 18. The summed E-state index contributed by atoms with van der Waals surface area (Å²) in [7, 11) is 0. The van der Waals surface area contributed by atoms with Crippen molar-refractivity contribution in [2.75, 3.05) is 91.7 Å². The summed E-state index contributed by atoms with van der Waals surface area (Å²) in [5.74, 6) is 0. The van der Waals surface area contributed by atoms with Gasteiger partial charge in [0.1, 0.15) is 0 Å². The Morgan fingerprint density at radius 2 is 0.548 bits per heavy atom. The van der Waals surface area contributed by atoms with Crippen molar-refractivity contribution in [3.8, 4) is 0 Å². The molecular weight excluding hydrogens is 925 g/mol. The standard InChI is InChI=1S/2C14H16N6.2C7H12N4.C7H10N4.H2/c1-5-11(17)7(15)3-9-13(5)19-10-4-8(16)12(18)6(2)14(10)20-9;1-5-11(17)7(15)3-9-13(5)20-14-6(2)12(18)8(16)4-10(14)19-9;3*1-3-6(10)4(8)2-5(9)7(3)11;/h2*3-4H,15-18H2,1-2H3;2*2H,8-11H2,1H3;2,8,11H,9-10H2,1H3;1H/i;;;;;1+1. The van der Waals surface area contributed by atoms with Crippen LogP contribution in [0.15, 0.2) is 59.4 Å². The molecule has 38 N–H and O–H groups in total. The second-order valence-corrected chi connectivity index (χ2v) is 17.4. The topological polar surface area (TPSA) is 568 Å². The summed E-state index contributed by atoms with van der Waals surface area (Å²) in [4.78, 5) is 18.4. The number of hydrogen-bond acceptors (Lipinski definition) is 24. The summed E-state index contributed by atoms with van der Waals surface area (Å²) < 4.78 is 0. The lowest BCUT2D eigenvalue weighted by molar-refractivity contribution is 1.27. The van der Waals surface area contributed by atoms with Gasteiger partial charge in [0.15, 0.2) is 0 Å². The number of aromatic nitrogens is 4. The van der Waals surface area contributed by atoms with Crippen LogP contribution in [0.25, 0.3) is 44.1 Å². The molecule has 1 aliphatic carbocycles. The first-order valence-electron chi connectivity index (χ1n) is 22.0. The van der Waals surface area contributed by atoms with Gasteiger partial charge in [0, 0.05) is 29.3 Å². The first-order chi connectivity index (χ1) is 33.9. The molecule has 73 heavy (non-hydrogen) atoms. The quantitative estimate of drug-likeness (QED) is 0.0566. The fourth-order valence-corrected chi connectivity index (χ4v) is 7.37. The average molecular weight is 994 g/mol. The van der Waals surface area contributed by atoms with Crippen molar-refractivity contribution in [1.29, 1.82) is 10.8 Å². The van der Waals surface area contributed by atoms with Gasteiger partial charge in [-0.3, -0.25) is 10.8 Å². The number of nitrogens with zero attached hydrogens (tertiary/aromatic N) is 4. The van der Waals surface area contributed by atoms with E-state index in [4.69, 9.17) is 114 Å². The van der Waals surface area contributed by atoms with Gasteiger partial charge in [0.05, 0.1) is 158 Å². The van der Waals surface area contributed by atoms with E-state index in [9.17, 15) is 0 Å². The maximum absolute atomic E-state index is 7.39. The van der Waals surface area contributed by atoms with E-state index in [1.807, 2.05) is 27.7 Å². The number of benzene rings is 6. The zero-order chi connectivity index (χ0) is 55.0. The Labute approximate surface area is 422 Å². The van der Waals surface area contributed by atoms with E-state index in [1.54, 1.807) is 57.2 Å². The second-order valence-electron chi connectivity index (χ2n) is 17.4.